The van der Waals surface area contributed by atoms with Crippen LogP contribution in [-0.4, -0.2) is 4.98 Å². The Morgan fingerprint density at radius 3 is 2.63 bits per heavy atom. The van der Waals surface area contributed by atoms with Gasteiger partial charge in [0.2, 0.25) is 0 Å². The van der Waals surface area contributed by atoms with Crippen molar-refractivity contribution in [3.63, 3.8) is 0 Å². The second kappa shape index (κ2) is 6.43. The first-order chi connectivity index (χ1) is 9.19. The van der Waals surface area contributed by atoms with Crippen LogP contribution in [0.5, 0.6) is 0 Å². The third kappa shape index (κ3) is 3.86. The lowest BCUT2D eigenvalue weighted by molar-refractivity contribution is 0.795. The number of aryl methyl sites for hydroxylation is 1. The predicted octanol–water partition coefficient (Wildman–Crippen LogP) is 4.40. The molecule has 0 bridgehead atoms. The summed E-state index contributed by atoms with van der Waals surface area (Å²) in [5.74, 6) is 0.630. The largest absolute Gasteiger partial charge is 0.396 e. The summed E-state index contributed by atoms with van der Waals surface area (Å²) in [5, 5.41) is 3.73. The van der Waals surface area contributed by atoms with Gasteiger partial charge in [-0.3, -0.25) is 0 Å². The zero-order valence-corrected chi connectivity index (χ0v) is 11.7. The van der Waals surface area contributed by atoms with Gasteiger partial charge in [-0.05, 0) is 36.6 Å². The van der Waals surface area contributed by atoms with Crippen molar-refractivity contribution in [3.8, 4) is 0 Å². The van der Waals surface area contributed by atoms with Crippen LogP contribution < -0.4 is 11.1 Å². The highest BCUT2D eigenvalue weighted by molar-refractivity contribution is 6.30. The molecule has 0 amide bonds. The first kappa shape index (κ1) is 13.7. The van der Waals surface area contributed by atoms with Gasteiger partial charge in [0.1, 0.15) is 0 Å². The van der Waals surface area contributed by atoms with Crippen LogP contribution in [0.1, 0.15) is 25.3 Å². The maximum atomic E-state index is 5.86. The topological polar surface area (TPSA) is 50.9 Å². The van der Waals surface area contributed by atoms with E-state index in [9.17, 15) is 0 Å². The van der Waals surface area contributed by atoms with E-state index in [2.05, 4.69) is 29.4 Å². The van der Waals surface area contributed by atoms with Crippen LogP contribution in [0.25, 0.3) is 0 Å². The molecule has 0 saturated carbocycles. The first-order valence-corrected chi connectivity index (χ1v) is 6.84. The quantitative estimate of drug-likeness (QED) is 0.850. The zero-order chi connectivity index (χ0) is 13.7. The van der Waals surface area contributed by atoms with Crippen molar-refractivity contribution in [1.82, 2.24) is 4.98 Å². The number of halogens is 1. The Morgan fingerprint density at radius 2 is 2.00 bits per heavy atom. The number of hydrogen-bond donors (Lipinski definition) is 2. The lowest BCUT2D eigenvalue weighted by Gasteiger charge is -2.09. The molecular formula is C15H18ClN3. The zero-order valence-electron chi connectivity index (χ0n) is 11.0. The van der Waals surface area contributed by atoms with Crippen LogP contribution in [0.3, 0.4) is 0 Å². The maximum Gasteiger partial charge on any atom is 0.153 e. The Balaban J connectivity index is 2.06. The normalized spacial score (nSPS) is 10.4. The molecule has 100 valence electrons. The molecule has 0 unspecified atom stereocenters. The maximum absolute atomic E-state index is 5.86. The lowest BCUT2D eigenvalue weighted by Crippen LogP contribution is -1.99. The molecule has 4 heteroatoms. The van der Waals surface area contributed by atoms with E-state index in [1.165, 1.54) is 18.4 Å². The minimum Gasteiger partial charge on any atom is -0.396 e. The second-order valence-corrected chi connectivity index (χ2v) is 4.95. The molecule has 19 heavy (non-hydrogen) atoms. The number of hydrogen-bond acceptors (Lipinski definition) is 3. The fourth-order valence-corrected chi connectivity index (χ4v) is 2.00. The average molecular weight is 276 g/mol. The van der Waals surface area contributed by atoms with E-state index < -0.39 is 0 Å². The number of unbranched alkanes of at least 4 members (excludes halogenated alkanes) is 1. The number of anilines is 3. The number of nitrogen functional groups attached to an aromatic ring is 1. The van der Waals surface area contributed by atoms with Crippen LogP contribution >= 0.6 is 11.6 Å². The van der Waals surface area contributed by atoms with Crippen molar-refractivity contribution in [2.24, 2.45) is 0 Å². The van der Waals surface area contributed by atoms with E-state index in [4.69, 9.17) is 17.3 Å². The lowest BCUT2D eigenvalue weighted by atomic mass is 10.1. The van der Waals surface area contributed by atoms with Gasteiger partial charge in [0, 0.05) is 11.9 Å². The predicted molar refractivity (Wildman–Crippen MR) is 82.0 cm³/mol. The molecule has 2 aromatic rings. The number of benzene rings is 1. The van der Waals surface area contributed by atoms with E-state index in [1.54, 1.807) is 12.3 Å². The highest BCUT2D eigenvalue weighted by atomic mass is 35.5. The first-order valence-electron chi connectivity index (χ1n) is 6.46. The van der Waals surface area contributed by atoms with E-state index >= 15 is 0 Å². The molecule has 0 aliphatic heterocycles. The van der Waals surface area contributed by atoms with Crippen LogP contribution in [-0.2, 0) is 6.42 Å². The minimum atomic E-state index is 0.540. The molecule has 0 atom stereocenters. The van der Waals surface area contributed by atoms with Gasteiger partial charge in [-0.15, -0.1) is 0 Å². The molecule has 0 fully saturated rings. The van der Waals surface area contributed by atoms with Gasteiger partial charge in [-0.25, -0.2) is 4.98 Å². The summed E-state index contributed by atoms with van der Waals surface area (Å²) in [6, 6.07) is 10.0. The summed E-state index contributed by atoms with van der Waals surface area (Å²) >= 11 is 5.82. The molecule has 0 saturated heterocycles. The van der Waals surface area contributed by atoms with Crippen molar-refractivity contribution in [3.05, 3.63) is 47.1 Å². The number of aromatic nitrogens is 1. The minimum absolute atomic E-state index is 0.540. The van der Waals surface area contributed by atoms with Crippen molar-refractivity contribution < 1.29 is 0 Å². The molecular weight excluding hydrogens is 258 g/mol. The molecule has 1 aromatic heterocycles. The summed E-state index contributed by atoms with van der Waals surface area (Å²) in [5.41, 5.74) is 8.72. The van der Waals surface area contributed by atoms with Crippen molar-refractivity contribution in [2.75, 3.05) is 11.1 Å². The van der Waals surface area contributed by atoms with Crippen LogP contribution in [0.4, 0.5) is 17.2 Å². The number of rotatable bonds is 5. The van der Waals surface area contributed by atoms with E-state index in [0.717, 1.165) is 12.1 Å². The van der Waals surface area contributed by atoms with Gasteiger partial charge in [-0.1, -0.05) is 37.1 Å². The van der Waals surface area contributed by atoms with Gasteiger partial charge in [0.25, 0.3) is 0 Å². The summed E-state index contributed by atoms with van der Waals surface area (Å²) in [6.07, 6.45) is 5.14. The summed E-state index contributed by atoms with van der Waals surface area (Å²) in [6.45, 7) is 2.20. The Bertz CT molecular complexity index is 538. The Labute approximate surface area is 118 Å². The Hall–Kier alpha value is -1.74. The molecule has 0 aliphatic rings. The molecule has 3 nitrogen and oxygen atoms in total. The van der Waals surface area contributed by atoms with Crippen molar-refractivity contribution >= 4 is 28.8 Å². The summed E-state index contributed by atoms with van der Waals surface area (Å²) < 4.78 is 0. The summed E-state index contributed by atoms with van der Waals surface area (Å²) in [7, 11) is 0. The Morgan fingerprint density at radius 1 is 1.26 bits per heavy atom. The molecule has 1 heterocycles. The number of nitrogens with two attached hydrogens (primary N) is 1. The van der Waals surface area contributed by atoms with E-state index in [-0.39, 0.29) is 0 Å². The smallest absolute Gasteiger partial charge is 0.153 e. The SMILES string of the molecule is CCCCc1ccc(Nc2ncc(Cl)cc2N)cc1. The Kier molecular flexibility index (Phi) is 4.63. The highest BCUT2D eigenvalue weighted by Crippen LogP contribution is 2.23. The molecule has 1 aromatic carbocycles. The van der Waals surface area contributed by atoms with Crippen LogP contribution in [0, 0.1) is 0 Å². The molecule has 0 spiro atoms. The molecule has 0 aliphatic carbocycles. The highest BCUT2D eigenvalue weighted by Gasteiger charge is 2.02. The van der Waals surface area contributed by atoms with Crippen molar-refractivity contribution in [1.29, 1.82) is 0 Å². The van der Waals surface area contributed by atoms with Crippen molar-refractivity contribution in [2.45, 2.75) is 26.2 Å². The van der Waals surface area contributed by atoms with Crippen LogP contribution in [0.2, 0.25) is 5.02 Å². The van der Waals surface area contributed by atoms with E-state index in [0.29, 0.717) is 16.5 Å². The fourth-order valence-electron chi connectivity index (χ4n) is 1.83. The fraction of sp³-hybridized carbons (Fsp3) is 0.267. The molecule has 3 N–H and O–H groups in total. The van der Waals surface area contributed by atoms with Gasteiger partial charge in [0.15, 0.2) is 5.82 Å². The monoisotopic (exact) mass is 275 g/mol. The molecule has 2 rings (SSSR count). The number of pyridine rings is 1. The van der Waals surface area contributed by atoms with Gasteiger partial charge in [-0.2, -0.15) is 0 Å². The third-order valence-electron chi connectivity index (χ3n) is 2.92. The summed E-state index contributed by atoms with van der Waals surface area (Å²) in [4.78, 5) is 4.18. The molecule has 0 radical (unpaired) electrons. The van der Waals surface area contributed by atoms with E-state index in [1.807, 2.05) is 12.1 Å². The number of nitrogens with one attached hydrogen (secondary N) is 1. The van der Waals surface area contributed by atoms with Gasteiger partial charge < -0.3 is 11.1 Å². The van der Waals surface area contributed by atoms with Gasteiger partial charge >= 0.3 is 0 Å². The second-order valence-electron chi connectivity index (χ2n) is 4.52. The number of nitrogens with zero attached hydrogens (tertiary/aromatic N) is 1. The van der Waals surface area contributed by atoms with Crippen LogP contribution in [0.15, 0.2) is 36.5 Å². The standard InChI is InChI=1S/C15H18ClN3/c1-2-3-4-11-5-7-13(8-6-11)19-15-14(17)9-12(16)10-18-15/h5-10H,2-4,17H2,1H3,(H,18,19). The average Bonchev–Trinajstić information content (AvgIpc) is 2.41. The third-order valence-corrected chi connectivity index (χ3v) is 3.13. The van der Waals surface area contributed by atoms with Gasteiger partial charge in [0.05, 0.1) is 10.7 Å².